The van der Waals surface area contributed by atoms with Gasteiger partial charge < -0.3 is 19.5 Å². The molecule has 0 radical (unpaired) electrons. The quantitative estimate of drug-likeness (QED) is 0.840. The Labute approximate surface area is 121 Å². The number of fused-ring (bicyclic) bond motifs is 1. The monoisotopic (exact) mass is 281 g/mol. The van der Waals surface area contributed by atoms with Gasteiger partial charge in [-0.05, 0) is 44.9 Å². The van der Waals surface area contributed by atoms with Crippen molar-refractivity contribution in [2.24, 2.45) is 11.8 Å². The van der Waals surface area contributed by atoms with Crippen LogP contribution in [0.15, 0.2) is 12.3 Å². The Bertz CT molecular complexity index is 341. The first-order valence-corrected chi connectivity index (χ1v) is 7.98. The van der Waals surface area contributed by atoms with Gasteiger partial charge in [0.25, 0.3) is 0 Å². The fourth-order valence-electron chi connectivity index (χ4n) is 3.78. The molecule has 4 heteroatoms. The Balaban J connectivity index is 1.42. The van der Waals surface area contributed by atoms with Crippen molar-refractivity contribution >= 4 is 0 Å². The van der Waals surface area contributed by atoms with Crippen LogP contribution in [0.4, 0.5) is 0 Å². The largest absolute Gasteiger partial charge is 0.386 e. The van der Waals surface area contributed by atoms with Crippen molar-refractivity contribution in [3.05, 3.63) is 12.3 Å². The minimum Gasteiger partial charge on any atom is -0.386 e. The molecule has 2 saturated heterocycles. The molecule has 0 aromatic rings. The van der Waals surface area contributed by atoms with Gasteiger partial charge in [-0.1, -0.05) is 6.58 Å². The number of rotatable bonds is 5. The van der Waals surface area contributed by atoms with Crippen molar-refractivity contribution in [3.63, 3.8) is 0 Å². The van der Waals surface area contributed by atoms with Gasteiger partial charge in [-0.3, -0.25) is 0 Å². The topological polar surface area (TPSA) is 39.7 Å². The van der Waals surface area contributed by atoms with Crippen LogP contribution in [0.3, 0.4) is 0 Å². The summed E-state index contributed by atoms with van der Waals surface area (Å²) in [6, 6.07) is 0.479. The van der Waals surface area contributed by atoms with Gasteiger partial charge in [0.05, 0.1) is 18.8 Å². The Hall–Kier alpha value is -0.580. The fraction of sp³-hybridized carbons (Fsp3) is 0.875. The molecule has 2 aliphatic heterocycles. The van der Waals surface area contributed by atoms with Crippen molar-refractivity contribution in [1.82, 2.24) is 5.32 Å². The number of ether oxygens (including phenoxy) is 3. The predicted octanol–water partition coefficient (Wildman–Crippen LogP) is 2.45. The standard InChI is InChI=1S/C16H27NO3/c1-11(17-12(2)14-5-6-18-9-14)7-13-3-4-15-16(8-13)20-10-19-15/h11,13-17H,2-10H2,1H3. The van der Waals surface area contributed by atoms with Crippen LogP contribution < -0.4 is 5.32 Å². The molecule has 2 heterocycles. The van der Waals surface area contributed by atoms with Crippen LogP contribution in [-0.2, 0) is 14.2 Å². The lowest BCUT2D eigenvalue weighted by molar-refractivity contribution is 0.0386. The molecule has 114 valence electrons. The van der Waals surface area contributed by atoms with E-state index >= 15 is 0 Å². The van der Waals surface area contributed by atoms with E-state index in [0.29, 0.717) is 31.0 Å². The molecule has 0 amide bonds. The molecule has 1 N–H and O–H groups in total. The Morgan fingerprint density at radius 1 is 1.25 bits per heavy atom. The first-order valence-electron chi connectivity index (χ1n) is 7.98. The molecule has 5 unspecified atom stereocenters. The molecular weight excluding hydrogens is 254 g/mol. The molecule has 1 saturated carbocycles. The van der Waals surface area contributed by atoms with E-state index in [2.05, 4.69) is 18.8 Å². The highest BCUT2D eigenvalue weighted by molar-refractivity contribution is 5.01. The maximum Gasteiger partial charge on any atom is 0.147 e. The second kappa shape index (κ2) is 6.46. The van der Waals surface area contributed by atoms with Crippen LogP contribution in [0.5, 0.6) is 0 Å². The summed E-state index contributed by atoms with van der Waals surface area (Å²) in [6.45, 7) is 8.65. The molecule has 20 heavy (non-hydrogen) atoms. The van der Waals surface area contributed by atoms with E-state index in [1.165, 1.54) is 12.8 Å². The average Bonchev–Trinajstić information content (AvgIpc) is 3.09. The van der Waals surface area contributed by atoms with E-state index < -0.39 is 0 Å². The summed E-state index contributed by atoms with van der Waals surface area (Å²) in [5, 5.41) is 3.58. The first kappa shape index (κ1) is 14.4. The third-order valence-electron chi connectivity index (χ3n) is 4.95. The van der Waals surface area contributed by atoms with Crippen LogP contribution >= 0.6 is 0 Å². The summed E-state index contributed by atoms with van der Waals surface area (Å²) in [7, 11) is 0. The van der Waals surface area contributed by atoms with Crippen molar-refractivity contribution in [1.29, 1.82) is 0 Å². The zero-order chi connectivity index (χ0) is 13.9. The van der Waals surface area contributed by atoms with E-state index in [-0.39, 0.29) is 0 Å². The van der Waals surface area contributed by atoms with Gasteiger partial charge in [0.2, 0.25) is 0 Å². The second-order valence-electron chi connectivity index (χ2n) is 6.57. The molecule has 3 fully saturated rings. The fourth-order valence-corrected chi connectivity index (χ4v) is 3.78. The summed E-state index contributed by atoms with van der Waals surface area (Å²) in [5.74, 6) is 1.24. The number of nitrogens with one attached hydrogen (secondary N) is 1. The molecule has 5 atom stereocenters. The maximum absolute atomic E-state index is 5.65. The SMILES string of the molecule is C=C(NC(C)CC1CCC2OCOC2C1)C1CCOC1. The van der Waals surface area contributed by atoms with Crippen molar-refractivity contribution < 1.29 is 14.2 Å². The van der Waals surface area contributed by atoms with Crippen LogP contribution in [0.25, 0.3) is 0 Å². The molecule has 0 aromatic heterocycles. The highest BCUT2D eigenvalue weighted by Crippen LogP contribution is 2.34. The minimum absolute atomic E-state index is 0.340. The zero-order valence-electron chi connectivity index (χ0n) is 12.5. The highest BCUT2D eigenvalue weighted by atomic mass is 16.7. The Kier molecular flexibility index (Phi) is 4.64. The summed E-state index contributed by atoms with van der Waals surface area (Å²) < 4.78 is 16.7. The van der Waals surface area contributed by atoms with Crippen molar-refractivity contribution in [3.8, 4) is 0 Å². The summed E-state index contributed by atoms with van der Waals surface area (Å²) >= 11 is 0. The molecule has 4 nitrogen and oxygen atoms in total. The Morgan fingerprint density at radius 2 is 2.10 bits per heavy atom. The minimum atomic E-state index is 0.340. The van der Waals surface area contributed by atoms with Crippen LogP contribution in [0.1, 0.15) is 39.0 Å². The number of hydrogen-bond donors (Lipinski definition) is 1. The molecular formula is C16H27NO3. The first-order chi connectivity index (χ1) is 9.72. The molecule has 3 aliphatic rings. The van der Waals surface area contributed by atoms with Gasteiger partial charge in [-0.25, -0.2) is 0 Å². The lowest BCUT2D eigenvalue weighted by Crippen LogP contribution is -2.35. The second-order valence-corrected chi connectivity index (χ2v) is 6.57. The third-order valence-corrected chi connectivity index (χ3v) is 4.95. The summed E-state index contributed by atoms with van der Waals surface area (Å²) in [4.78, 5) is 0. The molecule has 3 rings (SSSR count). The van der Waals surface area contributed by atoms with E-state index in [1.807, 2.05) is 0 Å². The average molecular weight is 281 g/mol. The van der Waals surface area contributed by atoms with Gasteiger partial charge in [-0.15, -0.1) is 0 Å². The van der Waals surface area contributed by atoms with Gasteiger partial charge >= 0.3 is 0 Å². The van der Waals surface area contributed by atoms with Crippen LogP contribution in [0.2, 0.25) is 0 Å². The molecule has 0 spiro atoms. The third kappa shape index (κ3) is 3.35. The van der Waals surface area contributed by atoms with Gasteiger partial charge in [0.15, 0.2) is 0 Å². The van der Waals surface area contributed by atoms with Crippen LogP contribution in [0, 0.1) is 11.8 Å². The van der Waals surface area contributed by atoms with Gasteiger partial charge in [0, 0.05) is 24.3 Å². The number of hydrogen-bond acceptors (Lipinski definition) is 4. The lowest BCUT2D eigenvalue weighted by atomic mass is 9.82. The molecule has 0 aromatic carbocycles. The normalized spacial score (nSPS) is 38.5. The highest BCUT2D eigenvalue weighted by Gasteiger charge is 2.36. The smallest absolute Gasteiger partial charge is 0.147 e. The van der Waals surface area contributed by atoms with E-state index in [9.17, 15) is 0 Å². The lowest BCUT2D eigenvalue weighted by Gasteiger charge is -2.32. The van der Waals surface area contributed by atoms with Crippen molar-refractivity contribution in [2.45, 2.75) is 57.3 Å². The Morgan fingerprint density at radius 3 is 2.90 bits per heavy atom. The zero-order valence-corrected chi connectivity index (χ0v) is 12.5. The van der Waals surface area contributed by atoms with Gasteiger partial charge in [0.1, 0.15) is 6.79 Å². The van der Waals surface area contributed by atoms with Crippen molar-refractivity contribution in [2.75, 3.05) is 20.0 Å². The summed E-state index contributed by atoms with van der Waals surface area (Å²) in [6.07, 6.45) is 6.56. The predicted molar refractivity (Wildman–Crippen MR) is 77.2 cm³/mol. The molecule has 0 bridgehead atoms. The van der Waals surface area contributed by atoms with E-state index in [4.69, 9.17) is 14.2 Å². The van der Waals surface area contributed by atoms with E-state index in [1.54, 1.807) is 0 Å². The maximum atomic E-state index is 5.65. The van der Waals surface area contributed by atoms with E-state index in [0.717, 1.165) is 44.1 Å². The van der Waals surface area contributed by atoms with Crippen LogP contribution in [-0.4, -0.2) is 38.3 Å². The van der Waals surface area contributed by atoms with Gasteiger partial charge in [-0.2, -0.15) is 0 Å². The summed E-state index contributed by atoms with van der Waals surface area (Å²) in [5.41, 5.74) is 1.16. The molecule has 1 aliphatic carbocycles.